The zero-order valence-electron chi connectivity index (χ0n) is 13.4. The molecule has 0 amide bonds. The van der Waals surface area contributed by atoms with Crippen molar-refractivity contribution in [2.45, 2.75) is 33.7 Å². The number of para-hydroxylation sites is 1. The van der Waals surface area contributed by atoms with Crippen LogP contribution in [-0.2, 0) is 11.3 Å². The van der Waals surface area contributed by atoms with Crippen molar-refractivity contribution in [2.24, 2.45) is 0 Å². The zero-order valence-corrected chi connectivity index (χ0v) is 13.4. The number of nitrogens with one attached hydrogen (secondary N) is 1. The van der Waals surface area contributed by atoms with Crippen LogP contribution in [0.2, 0.25) is 0 Å². The molecule has 21 heavy (non-hydrogen) atoms. The van der Waals surface area contributed by atoms with E-state index < -0.39 is 0 Å². The second kappa shape index (κ2) is 8.01. The maximum absolute atomic E-state index is 5.35. The molecule has 0 bridgehead atoms. The van der Waals surface area contributed by atoms with Crippen LogP contribution >= 0.6 is 0 Å². The van der Waals surface area contributed by atoms with Gasteiger partial charge in [-0.3, -0.25) is 0 Å². The first kappa shape index (κ1) is 15.8. The van der Waals surface area contributed by atoms with Crippen molar-refractivity contribution in [3.63, 3.8) is 0 Å². The maximum Gasteiger partial charge on any atom is 0.0477 e. The van der Waals surface area contributed by atoms with E-state index in [9.17, 15) is 0 Å². The second-order valence-corrected chi connectivity index (χ2v) is 5.29. The molecule has 0 aliphatic rings. The number of hydrogen-bond donors (Lipinski definition) is 1. The molecule has 0 fully saturated rings. The van der Waals surface area contributed by atoms with E-state index in [1.165, 1.54) is 22.6 Å². The van der Waals surface area contributed by atoms with Crippen molar-refractivity contribution in [3.8, 4) is 5.69 Å². The Hall–Kier alpha value is -1.58. The molecular weight excluding hydrogens is 260 g/mol. The van der Waals surface area contributed by atoms with Crippen molar-refractivity contribution in [2.75, 3.05) is 19.8 Å². The molecule has 1 aromatic carbocycles. The largest absolute Gasteiger partial charge is 0.382 e. The van der Waals surface area contributed by atoms with Gasteiger partial charge in [-0.15, -0.1) is 0 Å². The van der Waals surface area contributed by atoms with E-state index in [-0.39, 0.29) is 0 Å². The lowest BCUT2D eigenvalue weighted by Crippen LogP contribution is -2.16. The van der Waals surface area contributed by atoms with Gasteiger partial charge in [-0.2, -0.15) is 0 Å². The predicted octanol–water partition coefficient (Wildman–Crippen LogP) is 3.61. The fraction of sp³-hybridized carbons (Fsp3) is 0.444. The molecule has 0 atom stereocenters. The highest BCUT2D eigenvalue weighted by Crippen LogP contribution is 2.20. The first-order valence-corrected chi connectivity index (χ1v) is 7.75. The molecule has 1 N–H and O–H groups in total. The molecule has 2 aromatic rings. The lowest BCUT2D eigenvalue weighted by atomic mass is 10.2. The molecule has 0 spiro atoms. The third-order valence-corrected chi connectivity index (χ3v) is 3.71. The molecule has 0 aliphatic heterocycles. The Labute approximate surface area is 127 Å². The van der Waals surface area contributed by atoms with Gasteiger partial charge in [-0.25, -0.2) is 0 Å². The van der Waals surface area contributed by atoms with Gasteiger partial charge in [0.25, 0.3) is 0 Å². The predicted molar refractivity (Wildman–Crippen MR) is 88.1 cm³/mol. The summed E-state index contributed by atoms with van der Waals surface area (Å²) in [5.41, 5.74) is 5.20. The normalized spacial score (nSPS) is 11.0. The summed E-state index contributed by atoms with van der Waals surface area (Å²) in [4.78, 5) is 0. The number of benzene rings is 1. The van der Waals surface area contributed by atoms with Crippen LogP contribution in [0.1, 0.15) is 30.3 Å². The van der Waals surface area contributed by atoms with Gasteiger partial charge in [0.15, 0.2) is 0 Å². The van der Waals surface area contributed by atoms with Crippen molar-refractivity contribution in [1.29, 1.82) is 0 Å². The molecule has 0 saturated carbocycles. The Balaban J connectivity index is 1.96. The van der Waals surface area contributed by atoms with Gasteiger partial charge in [-0.05, 0) is 57.5 Å². The molecular formula is C18H26N2O. The molecule has 0 saturated heterocycles. The fourth-order valence-corrected chi connectivity index (χ4v) is 2.65. The highest BCUT2D eigenvalue weighted by atomic mass is 16.5. The standard InChI is InChI=1S/C18H26N2O/c1-4-21-12-8-11-19-14-17-13-15(2)20(16(17)3)18-9-6-5-7-10-18/h5-7,9-10,13,19H,4,8,11-12,14H2,1-3H3. The van der Waals surface area contributed by atoms with Gasteiger partial charge >= 0.3 is 0 Å². The minimum absolute atomic E-state index is 0.804. The zero-order chi connectivity index (χ0) is 15.1. The quantitative estimate of drug-likeness (QED) is 0.750. The summed E-state index contributed by atoms with van der Waals surface area (Å²) in [6.45, 7) is 9.94. The summed E-state index contributed by atoms with van der Waals surface area (Å²) in [7, 11) is 0. The SMILES string of the molecule is CCOCCCNCc1cc(C)n(-c2ccccc2)c1C. The topological polar surface area (TPSA) is 26.2 Å². The van der Waals surface area contributed by atoms with E-state index in [1.54, 1.807) is 0 Å². The van der Waals surface area contributed by atoms with Gasteiger partial charge in [0.2, 0.25) is 0 Å². The Morgan fingerprint density at radius 3 is 2.62 bits per heavy atom. The first-order chi connectivity index (χ1) is 10.2. The van der Waals surface area contributed by atoms with Gasteiger partial charge in [0, 0.05) is 36.8 Å². The van der Waals surface area contributed by atoms with Crippen LogP contribution in [0.15, 0.2) is 36.4 Å². The van der Waals surface area contributed by atoms with Gasteiger partial charge in [-0.1, -0.05) is 18.2 Å². The van der Waals surface area contributed by atoms with Crippen LogP contribution in [-0.4, -0.2) is 24.3 Å². The number of rotatable bonds is 8. The summed E-state index contributed by atoms with van der Waals surface area (Å²) in [6.07, 6.45) is 1.06. The van der Waals surface area contributed by atoms with E-state index in [0.717, 1.165) is 32.7 Å². The van der Waals surface area contributed by atoms with E-state index >= 15 is 0 Å². The molecule has 3 nitrogen and oxygen atoms in total. The number of nitrogens with zero attached hydrogens (tertiary/aromatic N) is 1. The molecule has 1 heterocycles. The minimum Gasteiger partial charge on any atom is -0.382 e. The number of ether oxygens (including phenoxy) is 1. The van der Waals surface area contributed by atoms with Crippen LogP contribution in [0.3, 0.4) is 0 Å². The second-order valence-electron chi connectivity index (χ2n) is 5.29. The Kier molecular flexibility index (Phi) is 6.03. The van der Waals surface area contributed by atoms with E-state index in [1.807, 2.05) is 6.92 Å². The minimum atomic E-state index is 0.804. The van der Waals surface area contributed by atoms with Gasteiger partial charge < -0.3 is 14.6 Å². The highest BCUT2D eigenvalue weighted by molar-refractivity contribution is 5.40. The van der Waals surface area contributed by atoms with Crippen molar-refractivity contribution < 1.29 is 4.74 Å². The van der Waals surface area contributed by atoms with Crippen LogP contribution in [0, 0.1) is 13.8 Å². The van der Waals surface area contributed by atoms with Crippen LogP contribution in [0.25, 0.3) is 5.69 Å². The summed E-state index contributed by atoms with van der Waals surface area (Å²) >= 11 is 0. The highest BCUT2D eigenvalue weighted by Gasteiger charge is 2.09. The van der Waals surface area contributed by atoms with Crippen molar-refractivity contribution in [1.82, 2.24) is 9.88 Å². The lowest BCUT2D eigenvalue weighted by molar-refractivity contribution is 0.144. The third kappa shape index (κ3) is 4.19. The monoisotopic (exact) mass is 286 g/mol. The van der Waals surface area contributed by atoms with Gasteiger partial charge in [0.05, 0.1) is 0 Å². The lowest BCUT2D eigenvalue weighted by Gasteiger charge is -2.10. The van der Waals surface area contributed by atoms with Crippen LogP contribution in [0.4, 0.5) is 0 Å². The molecule has 2 rings (SSSR count). The molecule has 0 aliphatic carbocycles. The third-order valence-electron chi connectivity index (χ3n) is 3.71. The average Bonchev–Trinajstić information content (AvgIpc) is 2.78. The summed E-state index contributed by atoms with van der Waals surface area (Å²) in [5.74, 6) is 0. The number of hydrogen-bond acceptors (Lipinski definition) is 2. The van der Waals surface area contributed by atoms with Gasteiger partial charge in [0.1, 0.15) is 0 Å². The molecule has 0 unspecified atom stereocenters. The number of aromatic nitrogens is 1. The Morgan fingerprint density at radius 1 is 1.14 bits per heavy atom. The van der Waals surface area contributed by atoms with Crippen molar-refractivity contribution in [3.05, 3.63) is 53.3 Å². The van der Waals surface area contributed by atoms with Crippen LogP contribution < -0.4 is 5.32 Å². The molecule has 1 aromatic heterocycles. The molecule has 114 valence electrons. The van der Waals surface area contributed by atoms with Crippen molar-refractivity contribution >= 4 is 0 Å². The van der Waals surface area contributed by atoms with E-state index in [0.29, 0.717) is 0 Å². The summed E-state index contributed by atoms with van der Waals surface area (Å²) in [5, 5.41) is 3.50. The summed E-state index contributed by atoms with van der Waals surface area (Å²) < 4.78 is 7.66. The Bertz CT molecular complexity index is 546. The number of aryl methyl sites for hydroxylation is 1. The average molecular weight is 286 g/mol. The maximum atomic E-state index is 5.35. The molecule has 3 heteroatoms. The fourth-order valence-electron chi connectivity index (χ4n) is 2.65. The first-order valence-electron chi connectivity index (χ1n) is 7.75. The van der Waals surface area contributed by atoms with E-state index in [4.69, 9.17) is 4.74 Å². The Morgan fingerprint density at radius 2 is 1.90 bits per heavy atom. The van der Waals surface area contributed by atoms with E-state index in [2.05, 4.69) is 60.1 Å². The summed E-state index contributed by atoms with van der Waals surface area (Å²) in [6, 6.07) is 12.8. The smallest absolute Gasteiger partial charge is 0.0477 e. The van der Waals surface area contributed by atoms with Crippen LogP contribution in [0.5, 0.6) is 0 Å². The molecule has 0 radical (unpaired) electrons.